The zero-order valence-corrected chi connectivity index (χ0v) is 11.2. The van der Waals surface area contributed by atoms with Crippen LogP contribution in [0.4, 0.5) is 0 Å². The molecule has 0 unspecified atom stereocenters. The predicted molar refractivity (Wildman–Crippen MR) is 73.6 cm³/mol. The summed E-state index contributed by atoms with van der Waals surface area (Å²) in [6.45, 7) is 5.03. The first-order valence-electron chi connectivity index (χ1n) is 6.32. The van der Waals surface area contributed by atoms with E-state index in [1.165, 1.54) is 0 Å². The number of rotatable bonds is 4. The highest BCUT2D eigenvalue weighted by Gasteiger charge is 2.15. The van der Waals surface area contributed by atoms with Crippen LogP contribution in [0, 0.1) is 6.92 Å². The number of hydrogen-bond acceptors (Lipinski definition) is 3. The van der Waals surface area contributed by atoms with E-state index in [1.54, 1.807) is 24.2 Å². The van der Waals surface area contributed by atoms with Crippen LogP contribution in [0.2, 0.25) is 0 Å². The van der Waals surface area contributed by atoms with E-state index in [-0.39, 0.29) is 5.91 Å². The topological polar surface area (TPSA) is 46.1 Å². The minimum Gasteiger partial charge on any atom is -0.335 e. The van der Waals surface area contributed by atoms with Gasteiger partial charge in [-0.05, 0) is 19.4 Å². The lowest BCUT2D eigenvalue weighted by Crippen LogP contribution is -2.30. The van der Waals surface area contributed by atoms with E-state index in [4.69, 9.17) is 0 Å². The fourth-order valence-electron chi connectivity index (χ4n) is 1.82. The highest BCUT2D eigenvalue weighted by atomic mass is 16.2. The van der Waals surface area contributed by atoms with Crippen molar-refractivity contribution in [1.29, 1.82) is 0 Å². The average Bonchev–Trinajstić information content (AvgIpc) is 2.46. The normalized spacial score (nSPS) is 10.2. The van der Waals surface area contributed by atoms with Gasteiger partial charge in [-0.15, -0.1) is 0 Å². The summed E-state index contributed by atoms with van der Waals surface area (Å²) in [7, 11) is 0. The van der Waals surface area contributed by atoms with Gasteiger partial charge >= 0.3 is 0 Å². The summed E-state index contributed by atoms with van der Waals surface area (Å²) in [6, 6.07) is 9.95. The van der Waals surface area contributed by atoms with Crippen molar-refractivity contribution in [1.82, 2.24) is 14.9 Å². The standard InChI is InChI=1S/C15H17N3O/c1-3-18(11-13-7-5-4-6-8-13)15(19)14-9-16-12(2)17-10-14/h4-10H,3,11H2,1-2H3. The molecule has 4 nitrogen and oxygen atoms in total. The molecule has 0 saturated carbocycles. The van der Waals surface area contributed by atoms with E-state index in [0.29, 0.717) is 24.5 Å². The first-order valence-corrected chi connectivity index (χ1v) is 6.32. The highest BCUT2D eigenvalue weighted by molar-refractivity contribution is 5.93. The second kappa shape index (κ2) is 6.09. The summed E-state index contributed by atoms with van der Waals surface area (Å²) >= 11 is 0. The molecular weight excluding hydrogens is 238 g/mol. The molecule has 0 bridgehead atoms. The number of carbonyl (C=O) groups is 1. The van der Waals surface area contributed by atoms with Crippen LogP contribution in [-0.2, 0) is 6.54 Å². The van der Waals surface area contributed by atoms with Crippen molar-refractivity contribution in [2.24, 2.45) is 0 Å². The summed E-state index contributed by atoms with van der Waals surface area (Å²) in [5.74, 6) is 0.633. The van der Waals surface area contributed by atoms with Gasteiger partial charge in [-0.3, -0.25) is 4.79 Å². The molecule has 1 amide bonds. The minimum absolute atomic E-state index is 0.0358. The third-order valence-corrected chi connectivity index (χ3v) is 2.91. The molecule has 0 atom stereocenters. The summed E-state index contributed by atoms with van der Waals surface area (Å²) in [5.41, 5.74) is 1.65. The molecule has 0 aliphatic rings. The van der Waals surface area contributed by atoms with Gasteiger partial charge < -0.3 is 4.90 Å². The number of hydrogen-bond donors (Lipinski definition) is 0. The Morgan fingerprint density at radius 1 is 1.16 bits per heavy atom. The number of amides is 1. The average molecular weight is 255 g/mol. The van der Waals surface area contributed by atoms with Crippen LogP contribution in [0.15, 0.2) is 42.7 Å². The van der Waals surface area contributed by atoms with Gasteiger partial charge in [0.25, 0.3) is 5.91 Å². The molecule has 0 N–H and O–H groups in total. The van der Waals surface area contributed by atoms with Crippen molar-refractivity contribution in [3.63, 3.8) is 0 Å². The van der Waals surface area contributed by atoms with Crippen LogP contribution in [-0.4, -0.2) is 27.3 Å². The Labute approximate surface area is 113 Å². The van der Waals surface area contributed by atoms with Gasteiger partial charge in [0.15, 0.2) is 0 Å². The second-order valence-corrected chi connectivity index (χ2v) is 4.32. The first kappa shape index (κ1) is 13.2. The lowest BCUT2D eigenvalue weighted by Gasteiger charge is -2.20. The zero-order chi connectivity index (χ0) is 13.7. The number of aryl methyl sites for hydroxylation is 1. The van der Waals surface area contributed by atoms with Crippen LogP contribution >= 0.6 is 0 Å². The van der Waals surface area contributed by atoms with Crippen molar-refractivity contribution in [2.45, 2.75) is 20.4 Å². The Hall–Kier alpha value is -2.23. The summed E-state index contributed by atoms with van der Waals surface area (Å²) in [6.07, 6.45) is 3.16. The lowest BCUT2D eigenvalue weighted by molar-refractivity contribution is 0.0751. The van der Waals surface area contributed by atoms with Crippen LogP contribution in [0.1, 0.15) is 28.7 Å². The SMILES string of the molecule is CCN(Cc1ccccc1)C(=O)c1cnc(C)nc1. The molecule has 2 rings (SSSR count). The van der Waals surface area contributed by atoms with Gasteiger partial charge in [-0.2, -0.15) is 0 Å². The number of benzene rings is 1. The number of aromatic nitrogens is 2. The molecule has 0 spiro atoms. The van der Waals surface area contributed by atoms with Gasteiger partial charge in [0, 0.05) is 25.5 Å². The van der Waals surface area contributed by atoms with E-state index in [2.05, 4.69) is 9.97 Å². The molecule has 0 saturated heterocycles. The largest absolute Gasteiger partial charge is 0.335 e. The van der Waals surface area contributed by atoms with Crippen LogP contribution < -0.4 is 0 Å². The quantitative estimate of drug-likeness (QED) is 0.843. The molecule has 2 aromatic rings. The lowest BCUT2D eigenvalue weighted by atomic mass is 10.2. The van der Waals surface area contributed by atoms with Crippen LogP contribution in [0.25, 0.3) is 0 Å². The van der Waals surface area contributed by atoms with Crippen LogP contribution in [0.5, 0.6) is 0 Å². The molecule has 98 valence electrons. The van der Waals surface area contributed by atoms with E-state index >= 15 is 0 Å². The fraction of sp³-hybridized carbons (Fsp3) is 0.267. The molecule has 0 aliphatic heterocycles. The Morgan fingerprint density at radius 2 is 1.79 bits per heavy atom. The second-order valence-electron chi connectivity index (χ2n) is 4.32. The van der Waals surface area contributed by atoms with Crippen molar-refractivity contribution in [3.05, 3.63) is 59.7 Å². The van der Waals surface area contributed by atoms with Gasteiger partial charge in [-0.1, -0.05) is 30.3 Å². The van der Waals surface area contributed by atoms with Crippen LogP contribution in [0.3, 0.4) is 0 Å². The monoisotopic (exact) mass is 255 g/mol. The molecule has 1 heterocycles. The molecule has 4 heteroatoms. The molecule has 0 aliphatic carbocycles. The molecule has 19 heavy (non-hydrogen) atoms. The zero-order valence-electron chi connectivity index (χ0n) is 11.2. The smallest absolute Gasteiger partial charge is 0.257 e. The molecule has 1 aromatic carbocycles. The summed E-state index contributed by atoms with van der Waals surface area (Å²) in [5, 5.41) is 0. The maximum Gasteiger partial charge on any atom is 0.257 e. The maximum absolute atomic E-state index is 12.3. The van der Waals surface area contributed by atoms with Gasteiger partial charge in [0.05, 0.1) is 5.56 Å². The molecular formula is C15H17N3O. The van der Waals surface area contributed by atoms with E-state index in [1.807, 2.05) is 37.3 Å². The third kappa shape index (κ3) is 3.37. The van der Waals surface area contributed by atoms with E-state index in [0.717, 1.165) is 5.56 Å². The van der Waals surface area contributed by atoms with Crippen molar-refractivity contribution in [3.8, 4) is 0 Å². The van der Waals surface area contributed by atoms with Gasteiger partial charge in [0.2, 0.25) is 0 Å². The maximum atomic E-state index is 12.3. The van der Waals surface area contributed by atoms with Crippen molar-refractivity contribution in [2.75, 3.05) is 6.54 Å². The minimum atomic E-state index is -0.0358. The Bertz CT molecular complexity index is 537. The molecule has 0 radical (unpaired) electrons. The fourth-order valence-corrected chi connectivity index (χ4v) is 1.82. The Morgan fingerprint density at radius 3 is 2.37 bits per heavy atom. The summed E-state index contributed by atoms with van der Waals surface area (Å²) < 4.78 is 0. The highest BCUT2D eigenvalue weighted by Crippen LogP contribution is 2.08. The molecule has 1 aromatic heterocycles. The predicted octanol–water partition coefficient (Wildman–Crippen LogP) is 2.45. The van der Waals surface area contributed by atoms with E-state index < -0.39 is 0 Å². The Kier molecular flexibility index (Phi) is 4.23. The number of nitrogens with zero attached hydrogens (tertiary/aromatic N) is 3. The molecule has 0 fully saturated rings. The van der Waals surface area contributed by atoms with Crippen molar-refractivity contribution < 1.29 is 4.79 Å². The van der Waals surface area contributed by atoms with Crippen molar-refractivity contribution >= 4 is 5.91 Å². The van der Waals surface area contributed by atoms with Gasteiger partial charge in [-0.25, -0.2) is 9.97 Å². The number of carbonyl (C=O) groups excluding carboxylic acids is 1. The Balaban J connectivity index is 2.13. The van der Waals surface area contributed by atoms with E-state index in [9.17, 15) is 4.79 Å². The third-order valence-electron chi connectivity index (χ3n) is 2.91. The summed E-state index contributed by atoms with van der Waals surface area (Å²) in [4.78, 5) is 22.2. The first-order chi connectivity index (χ1) is 9.20. The van der Waals surface area contributed by atoms with Gasteiger partial charge in [0.1, 0.15) is 5.82 Å².